The normalized spacial score (nSPS) is 14.5. The summed E-state index contributed by atoms with van der Waals surface area (Å²) in [4.78, 5) is 29.4. The Morgan fingerprint density at radius 3 is 2.26 bits per heavy atom. The molecule has 0 saturated heterocycles. The van der Waals surface area contributed by atoms with E-state index in [1.807, 2.05) is 38.1 Å². The van der Waals surface area contributed by atoms with Crippen LogP contribution >= 0.6 is 0 Å². The number of amides is 2. The van der Waals surface area contributed by atoms with Gasteiger partial charge >= 0.3 is 0 Å². The summed E-state index contributed by atoms with van der Waals surface area (Å²) in [5, 5.41) is 3.18. The molecule has 0 aliphatic heterocycles. The van der Waals surface area contributed by atoms with Crippen LogP contribution in [0, 0.1) is 6.92 Å². The molecule has 0 unspecified atom stereocenters. The van der Waals surface area contributed by atoms with E-state index < -0.39 is 28.5 Å². The van der Waals surface area contributed by atoms with E-state index in [0.717, 1.165) is 41.1 Å². The third-order valence-corrected chi connectivity index (χ3v) is 9.53. The topological polar surface area (TPSA) is 96.0 Å². The van der Waals surface area contributed by atoms with Crippen molar-refractivity contribution >= 4 is 27.5 Å². The molecular formula is C33H41N3O5S. The molecule has 3 aromatic carbocycles. The lowest BCUT2D eigenvalue weighted by atomic mass is 9.95. The Hall–Kier alpha value is -3.85. The van der Waals surface area contributed by atoms with E-state index in [2.05, 4.69) is 5.32 Å². The van der Waals surface area contributed by atoms with E-state index in [1.165, 1.54) is 30.6 Å². The van der Waals surface area contributed by atoms with Crippen molar-refractivity contribution in [2.45, 2.75) is 75.9 Å². The molecule has 42 heavy (non-hydrogen) atoms. The molecule has 1 atom stereocenters. The van der Waals surface area contributed by atoms with Gasteiger partial charge in [-0.3, -0.25) is 13.9 Å². The molecule has 8 nitrogen and oxygen atoms in total. The highest BCUT2D eigenvalue weighted by Crippen LogP contribution is 2.26. The van der Waals surface area contributed by atoms with Crippen LogP contribution in [-0.4, -0.2) is 50.9 Å². The molecule has 4 rings (SSSR count). The Morgan fingerprint density at radius 1 is 0.952 bits per heavy atom. The molecular weight excluding hydrogens is 550 g/mol. The highest BCUT2D eigenvalue weighted by atomic mass is 32.2. The SMILES string of the molecule is CC[C@@H](C(=O)NC1CCCCC1)N(Cc1cccc(C)c1)C(=O)CN(c1ccccc1)S(=O)(=O)c1ccc(OC)cc1. The van der Waals surface area contributed by atoms with E-state index in [-0.39, 0.29) is 23.4 Å². The standard InChI is InChI=1S/C33H41N3O5S/c1-4-31(33(38)34-27-14-7-5-8-15-27)35(23-26-13-11-12-25(2)22-26)32(37)24-36(28-16-9-6-10-17-28)42(39,40)30-20-18-29(41-3)19-21-30/h6,9-13,16-22,27,31H,4-5,7-8,14-15,23-24H2,1-3H3,(H,34,38)/t31-/m0/s1. The second-order valence-electron chi connectivity index (χ2n) is 10.8. The highest BCUT2D eigenvalue weighted by molar-refractivity contribution is 7.92. The first-order chi connectivity index (χ1) is 20.2. The zero-order valence-electron chi connectivity index (χ0n) is 24.7. The number of carbonyl (C=O) groups excluding carboxylic acids is 2. The summed E-state index contributed by atoms with van der Waals surface area (Å²) in [5.74, 6) is -0.131. The number of rotatable bonds is 12. The van der Waals surface area contributed by atoms with Gasteiger partial charge in [0, 0.05) is 12.6 Å². The van der Waals surface area contributed by atoms with Gasteiger partial charge in [-0.1, -0.05) is 74.2 Å². The summed E-state index contributed by atoms with van der Waals surface area (Å²) in [5.41, 5.74) is 2.26. The molecule has 2 amide bonds. The average molecular weight is 592 g/mol. The molecule has 0 spiro atoms. The Labute approximate surface area is 249 Å². The summed E-state index contributed by atoms with van der Waals surface area (Å²) in [6.45, 7) is 3.58. The summed E-state index contributed by atoms with van der Waals surface area (Å²) in [6.07, 6.45) is 5.56. The van der Waals surface area contributed by atoms with Crippen molar-refractivity contribution in [1.29, 1.82) is 0 Å². The monoisotopic (exact) mass is 591 g/mol. The number of hydrogen-bond acceptors (Lipinski definition) is 5. The number of aryl methyl sites for hydroxylation is 1. The van der Waals surface area contributed by atoms with Crippen LogP contribution in [0.2, 0.25) is 0 Å². The lowest BCUT2D eigenvalue weighted by Crippen LogP contribution is -2.54. The molecule has 0 bridgehead atoms. The van der Waals surface area contributed by atoms with Crippen LogP contribution in [0.15, 0.2) is 83.8 Å². The fourth-order valence-corrected chi connectivity index (χ4v) is 6.88. The zero-order chi connectivity index (χ0) is 30.1. The molecule has 1 N–H and O–H groups in total. The molecule has 3 aromatic rings. The van der Waals surface area contributed by atoms with Gasteiger partial charge in [-0.25, -0.2) is 8.42 Å². The average Bonchev–Trinajstić information content (AvgIpc) is 3.00. The van der Waals surface area contributed by atoms with Crippen molar-refractivity contribution < 1.29 is 22.7 Å². The maximum Gasteiger partial charge on any atom is 0.264 e. The van der Waals surface area contributed by atoms with E-state index in [4.69, 9.17) is 4.74 Å². The summed E-state index contributed by atoms with van der Waals surface area (Å²) in [7, 11) is -2.62. The second-order valence-corrected chi connectivity index (χ2v) is 12.7. The zero-order valence-corrected chi connectivity index (χ0v) is 25.5. The maximum atomic E-state index is 14.2. The number of benzene rings is 3. The number of hydrogen-bond donors (Lipinski definition) is 1. The van der Waals surface area contributed by atoms with E-state index in [0.29, 0.717) is 17.9 Å². The van der Waals surface area contributed by atoms with Crippen LogP contribution in [0.4, 0.5) is 5.69 Å². The lowest BCUT2D eigenvalue weighted by Gasteiger charge is -2.34. The van der Waals surface area contributed by atoms with Gasteiger partial charge in [0.1, 0.15) is 18.3 Å². The van der Waals surface area contributed by atoms with Gasteiger partial charge in [0.05, 0.1) is 17.7 Å². The first-order valence-corrected chi connectivity index (χ1v) is 16.0. The van der Waals surface area contributed by atoms with E-state index in [1.54, 1.807) is 42.5 Å². The van der Waals surface area contributed by atoms with Crippen molar-refractivity contribution in [2.75, 3.05) is 18.0 Å². The minimum Gasteiger partial charge on any atom is -0.497 e. The predicted octanol–water partition coefficient (Wildman–Crippen LogP) is 5.46. The first kappa shape index (κ1) is 31.1. The third-order valence-electron chi connectivity index (χ3n) is 7.74. The molecule has 0 aromatic heterocycles. The van der Waals surface area contributed by atoms with Crippen molar-refractivity contribution in [3.63, 3.8) is 0 Å². The van der Waals surface area contributed by atoms with E-state index in [9.17, 15) is 18.0 Å². The number of sulfonamides is 1. The fraction of sp³-hybridized carbons (Fsp3) is 0.394. The largest absolute Gasteiger partial charge is 0.497 e. The predicted molar refractivity (Wildman–Crippen MR) is 165 cm³/mol. The van der Waals surface area contributed by atoms with Gasteiger partial charge in [-0.05, 0) is 68.1 Å². The van der Waals surface area contributed by atoms with Gasteiger partial charge in [0.2, 0.25) is 11.8 Å². The summed E-state index contributed by atoms with van der Waals surface area (Å²) >= 11 is 0. The van der Waals surface area contributed by atoms with Gasteiger partial charge < -0.3 is 15.0 Å². The molecule has 224 valence electrons. The Kier molecular flexibility index (Phi) is 10.6. The van der Waals surface area contributed by atoms with Crippen molar-refractivity contribution in [2.24, 2.45) is 0 Å². The quantitative estimate of drug-likeness (QED) is 0.302. The van der Waals surface area contributed by atoms with Crippen LogP contribution < -0.4 is 14.4 Å². The van der Waals surface area contributed by atoms with Gasteiger partial charge in [0.25, 0.3) is 10.0 Å². The number of ether oxygens (including phenoxy) is 1. The van der Waals surface area contributed by atoms with Crippen molar-refractivity contribution in [3.05, 3.63) is 90.0 Å². The highest BCUT2D eigenvalue weighted by Gasteiger charge is 2.34. The number of anilines is 1. The maximum absolute atomic E-state index is 14.2. The molecule has 9 heteroatoms. The van der Waals surface area contributed by atoms with Crippen molar-refractivity contribution in [1.82, 2.24) is 10.2 Å². The molecule has 1 fully saturated rings. The van der Waals surface area contributed by atoms with Crippen LogP contribution in [0.3, 0.4) is 0 Å². The van der Waals surface area contributed by atoms with E-state index >= 15 is 0 Å². The molecule has 0 heterocycles. The second kappa shape index (κ2) is 14.4. The minimum absolute atomic E-state index is 0.0345. The lowest BCUT2D eigenvalue weighted by molar-refractivity contribution is -0.140. The van der Waals surface area contributed by atoms with Crippen LogP contribution in [0.5, 0.6) is 5.75 Å². The molecule has 1 saturated carbocycles. The summed E-state index contributed by atoms with van der Waals surface area (Å²) in [6, 6.07) is 21.8. The number of methoxy groups -OCH3 is 1. The summed E-state index contributed by atoms with van der Waals surface area (Å²) < 4.78 is 34.2. The number of para-hydroxylation sites is 1. The minimum atomic E-state index is -4.13. The van der Waals surface area contributed by atoms with Gasteiger partial charge in [-0.15, -0.1) is 0 Å². The number of nitrogens with one attached hydrogen (secondary N) is 1. The van der Waals surface area contributed by atoms with Crippen LogP contribution in [0.25, 0.3) is 0 Å². The molecule has 1 aliphatic rings. The third kappa shape index (κ3) is 7.70. The van der Waals surface area contributed by atoms with Crippen molar-refractivity contribution in [3.8, 4) is 5.75 Å². The Bertz CT molecular complexity index is 1440. The number of nitrogens with zero attached hydrogens (tertiary/aromatic N) is 2. The molecule has 0 radical (unpaired) electrons. The van der Waals surface area contributed by atoms with Gasteiger partial charge in [0.15, 0.2) is 0 Å². The molecule has 1 aliphatic carbocycles. The van der Waals surface area contributed by atoms with Gasteiger partial charge in [-0.2, -0.15) is 0 Å². The Morgan fingerprint density at radius 2 is 1.64 bits per heavy atom. The first-order valence-electron chi connectivity index (χ1n) is 14.6. The Balaban J connectivity index is 1.68. The fourth-order valence-electron chi connectivity index (χ4n) is 5.47. The smallest absolute Gasteiger partial charge is 0.264 e. The van der Waals surface area contributed by atoms with Crippen LogP contribution in [-0.2, 0) is 26.2 Å². The van der Waals surface area contributed by atoms with Crippen LogP contribution in [0.1, 0.15) is 56.6 Å². The number of carbonyl (C=O) groups is 2.